The van der Waals surface area contributed by atoms with Gasteiger partial charge in [-0.2, -0.15) is 0 Å². The van der Waals surface area contributed by atoms with E-state index in [2.05, 4.69) is 42.5 Å². The van der Waals surface area contributed by atoms with Gasteiger partial charge in [-0.05, 0) is 91.5 Å². The first-order valence-electron chi connectivity index (χ1n) is 14.1. The summed E-state index contributed by atoms with van der Waals surface area (Å²) in [6, 6.07) is 32.6. The monoisotopic (exact) mass is 548 g/mol. The zero-order valence-electron chi connectivity index (χ0n) is 23.1. The van der Waals surface area contributed by atoms with E-state index in [0.717, 1.165) is 61.0 Å². The molecule has 0 aliphatic carbocycles. The van der Waals surface area contributed by atoms with Crippen LogP contribution in [-0.4, -0.2) is 28.8 Å². The number of aromatic carboxylic acids is 2. The topological polar surface area (TPSA) is 83.8 Å². The van der Waals surface area contributed by atoms with Crippen LogP contribution in [0.25, 0.3) is 6.08 Å². The highest BCUT2D eigenvalue weighted by Gasteiger charge is 2.11. The first-order valence-corrected chi connectivity index (χ1v) is 14.1. The van der Waals surface area contributed by atoms with Crippen LogP contribution in [0.3, 0.4) is 0 Å². The molecule has 0 saturated carbocycles. The highest BCUT2D eigenvalue weighted by atomic mass is 16.5. The summed E-state index contributed by atoms with van der Waals surface area (Å²) in [5.41, 5.74) is 5.06. The second-order valence-electron chi connectivity index (χ2n) is 10.2. The van der Waals surface area contributed by atoms with Crippen molar-refractivity contribution in [3.8, 4) is 5.75 Å². The van der Waals surface area contributed by atoms with Crippen LogP contribution in [0.4, 0.5) is 0 Å². The number of allylic oxidation sites excluding steroid dienone is 1. The van der Waals surface area contributed by atoms with Gasteiger partial charge in [0.1, 0.15) is 5.75 Å². The smallest absolute Gasteiger partial charge is 0.335 e. The van der Waals surface area contributed by atoms with Gasteiger partial charge in [-0.3, -0.25) is 0 Å². The number of hydrogen-bond acceptors (Lipinski definition) is 3. The minimum Gasteiger partial charge on any atom is -0.493 e. The number of carboxylic acid groups (broad SMARTS) is 2. The van der Waals surface area contributed by atoms with Gasteiger partial charge in [-0.1, -0.05) is 84.9 Å². The molecule has 0 aliphatic heterocycles. The third kappa shape index (κ3) is 9.50. The molecule has 4 aromatic rings. The molecular formula is C36H36O5. The maximum absolute atomic E-state index is 11.3. The van der Waals surface area contributed by atoms with Gasteiger partial charge in [0.15, 0.2) is 0 Å². The zero-order chi connectivity index (χ0) is 28.9. The molecule has 0 spiro atoms. The van der Waals surface area contributed by atoms with Gasteiger partial charge in [-0.15, -0.1) is 0 Å². The summed E-state index contributed by atoms with van der Waals surface area (Å²) in [5, 5.41) is 18.4. The minimum absolute atomic E-state index is 0.184. The fraction of sp³-hybridized carbons (Fsp3) is 0.222. The van der Waals surface area contributed by atoms with Gasteiger partial charge in [0.05, 0.1) is 17.7 Å². The van der Waals surface area contributed by atoms with E-state index in [4.69, 9.17) is 4.74 Å². The van der Waals surface area contributed by atoms with Gasteiger partial charge >= 0.3 is 11.9 Å². The predicted octanol–water partition coefficient (Wildman–Crippen LogP) is 7.99. The summed E-state index contributed by atoms with van der Waals surface area (Å²) in [5.74, 6) is -0.824. The molecule has 0 aliphatic rings. The van der Waals surface area contributed by atoms with Crippen LogP contribution in [0.15, 0.2) is 109 Å². The molecular weight excluding hydrogens is 512 g/mol. The van der Waals surface area contributed by atoms with E-state index in [1.165, 1.54) is 5.56 Å². The lowest BCUT2D eigenvalue weighted by Gasteiger charge is -2.15. The van der Waals surface area contributed by atoms with Crippen LogP contribution in [0, 0.1) is 5.92 Å². The van der Waals surface area contributed by atoms with Crippen molar-refractivity contribution in [1.82, 2.24) is 0 Å². The number of para-hydroxylation sites is 1. The molecule has 5 heteroatoms. The van der Waals surface area contributed by atoms with Gasteiger partial charge in [0.25, 0.3) is 0 Å². The SMILES string of the molecule is O=C(O)c1ccc(CCC(/C=C/c2ccccc2OCCCCc2ccccc2)Cc2ccc(C(=O)O)cc2)cc1. The fourth-order valence-electron chi connectivity index (χ4n) is 4.77. The molecule has 2 N–H and O–H groups in total. The number of rotatable bonds is 15. The molecule has 0 radical (unpaired) electrons. The maximum atomic E-state index is 11.3. The number of hydrogen-bond donors (Lipinski definition) is 2. The van der Waals surface area contributed by atoms with Gasteiger partial charge in [-0.25, -0.2) is 9.59 Å². The first kappa shape index (κ1) is 29.3. The van der Waals surface area contributed by atoms with Crippen LogP contribution >= 0.6 is 0 Å². The second-order valence-corrected chi connectivity index (χ2v) is 10.2. The number of aryl methyl sites for hydroxylation is 2. The Bertz CT molecular complexity index is 1420. The molecule has 0 fully saturated rings. The summed E-state index contributed by atoms with van der Waals surface area (Å²) in [7, 11) is 0. The van der Waals surface area contributed by atoms with Gasteiger partial charge in [0.2, 0.25) is 0 Å². The van der Waals surface area contributed by atoms with Crippen molar-refractivity contribution in [3.63, 3.8) is 0 Å². The van der Waals surface area contributed by atoms with Crippen molar-refractivity contribution in [3.05, 3.63) is 143 Å². The van der Waals surface area contributed by atoms with E-state index in [1.54, 1.807) is 24.3 Å². The molecule has 0 aromatic heterocycles. The van der Waals surface area contributed by atoms with E-state index >= 15 is 0 Å². The Kier molecular flexibility index (Phi) is 10.9. The molecule has 4 aromatic carbocycles. The first-order chi connectivity index (χ1) is 20.0. The Balaban J connectivity index is 1.41. The van der Waals surface area contributed by atoms with Crippen molar-refractivity contribution in [2.45, 2.75) is 38.5 Å². The molecule has 41 heavy (non-hydrogen) atoms. The standard InChI is InChI=1S/C36H36O5/c37-35(38)32-21-15-28(16-22-32)13-14-29(26-30-18-23-33(24-19-30)36(39)40)17-20-31-11-4-5-12-34(31)41-25-7-6-10-27-8-2-1-3-9-27/h1-5,8-9,11-12,15-24,29H,6-7,10,13-14,25-26H2,(H,37,38)(H,39,40)/b20-17+. The van der Waals surface area contributed by atoms with Crippen LogP contribution < -0.4 is 4.74 Å². The highest BCUT2D eigenvalue weighted by Crippen LogP contribution is 2.24. The zero-order valence-corrected chi connectivity index (χ0v) is 23.1. The van der Waals surface area contributed by atoms with Crippen LogP contribution in [0.2, 0.25) is 0 Å². The molecule has 0 amide bonds. The molecule has 0 saturated heterocycles. The molecule has 5 nitrogen and oxygen atoms in total. The van der Waals surface area contributed by atoms with Crippen LogP contribution in [-0.2, 0) is 19.3 Å². The lowest BCUT2D eigenvalue weighted by atomic mass is 9.91. The van der Waals surface area contributed by atoms with E-state index in [0.29, 0.717) is 6.61 Å². The summed E-state index contributed by atoms with van der Waals surface area (Å²) in [6.45, 7) is 0.656. The molecule has 1 unspecified atom stereocenters. The number of unbranched alkanes of at least 4 members (excludes halogenated alkanes) is 1. The van der Waals surface area contributed by atoms with Crippen molar-refractivity contribution in [2.24, 2.45) is 5.92 Å². The summed E-state index contributed by atoms with van der Waals surface area (Å²) < 4.78 is 6.17. The number of ether oxygens (including phenoxy) is 1. The Hall–Kier alpha value is -4.64. The summed E-state index contributed by atoms with van der Waals surface area (Å²) >= 11 is 0. The summed E-state index contributed by atoms with van der Waals surface area (Å²) in [6.07, 6.45) is 9.80. The fourth-order valence-corrected chi connectivity index (χ4v) is 4.77. The maximum Gasteiger partial charge on any atom is 0.335 e. The van der Waals surface area contributed by atoms with Crippen molar-refractivity contribution >= 4 is 18.0 Å². The van der Waals surface area contributed by atoms with Crippen molar-refractivity contribution < 1.29 is 24.5 Å². The quantitative estimate of drug-likeness (QED) is 0.147. The third-order valence-corrected chi connectivity index (χ3v) is 7.13. The third-order valence-electron chi connectivity index (χ3n) is 7.13. The average molecular weight is 549 g/mol. The Morgan fingerprint density at radius 2 is 1.24 bits per heavy atom. The Labute approximate surface area is 241 Å². The molecule has 1 atom stereocenters. The van der Waals surface area contributed by atoms with E-state index in [9.17, 15) is 19.8 Å². The van der Waals surface area contributed by atoms with Gasteiger partial charge in [0, 0.05) is 5.56 Å². The average Bonchev–Trinajstić information content (AvgIpc) is 3.00. The van der Waals surface area contributed by atoms with E-state index in [1.807, 2.05) is 48.5 Å². The normalized spacial score (nSPS) is 11.8. The Morgan fingerprint density at radius 1 is 0.659 bits per heavy atom. The lowest BCUT2D eigenvalue weighted by Crippen LogP contribution is -2.05. The number of benzene rings is 4. The predicted molar refractivity (Wildman–Crippen MR) is 163 cm³/mol. The van der Waals surface area contributed by atoms with Crippen molar-refractivity contribution in [2.75, 3.05) is 6.61 Å². The van der Waals surface area contributed by atoms with E-state index in [-0.39, 0.29) is 17.0 Å². The van der Waals surface area contributed by atoms with Gasteiger partial charge < -0.3 is 14.9 Å². The van der Waals surface area contributed by atoms with Crippen LogP contribution in [0.1, 0.15) is 62.2 Å². The molecule has 4 rings (SSSR count). The highest BCUT2D eigenvalue weighted by molar-refractivity contribution is 5.88. The summed E-state index contributed by atoms with van der Waals surface area (Å²) in [4.78, 5) is 22.5. The Morgan fingerprint density at radius 3 is 1.90 bits per heavy atom. The lowest BCUT2D eigenvalue weighted by molar-refractivity contribution is 0.0686. The largest absolute Gasteiger partial charge is 0.493 e. The molecule has 0 heterocycles. The van der Waals surface area contributed by atoms with E-state index < -0.39 is 11.9 Å². The number of carbonyl (C=O) groups is 2. The van der Waals surface area contributed by atoms with Crippen LogP contribution in [0.5, 0.6) is 5.75 Å². The number of carboxylic acids is 2. The second kappa shape index (κ2) is 15.2. The van der Waals surface area contributed by atoms with Crippen molar-refractivity contribution in [1.29, 1.82) is 0 Å². The molecule has 210 valence electrons. The minimum atomic E-state index is -0.936. The molecule has 0 bridgehead atoms.